The third-order valence-corrected chi connectivity index (χ3v) is 3.63. The van der Waals surface area contributed by atoms with Gasteiger partial charge in [0.1, 0.15) is 0 Å². The van der Waals surface area contributed by atoms with E-state index in [1.165, 1.54) is 12.8 Å². The zero-order valence-corrected chi connectivity index (χ0v) is 14.5. The monoisotopic (exact) mass is 309 g/mol. The van der Waals surface area contributed by atoms with E-state index in [2.05, 4.69) is 18.9 Å². The molecule has 0 aliphatic rings. The Morgan fingerprint density at radius 3 is 2.36 bits per heavy atom. The maximum absolute atomic E-state index is 10.4. The van der Waals surface area contributed by atoms with Crippen molar-refractivity contribution in [3.05, 3.63) is 23.8 Å². The molecule has 0 spiro atoms. The van der Waals surface area contributed by atoms with Gasteiger partial charge in [0, 0.05) is 6.54 Å². The van der Waals surface area contributed by atoms with Gasteiger partial charge >= 0.3 is 0 Å². The minimum Gasteiger partial charge on any atom is -0.490 e. The van der Waals surface area contributed by atoms with E-state index in [1.54, 1.807) is 0 Å². The van der Waals surface area contributed by atoms with Crippen molar-refractivity contribution in [2.24, 2.45) is 0 Å². The lowest BCUT2D eigenvalue weighted by atomic mass is 10.1. The van der Waals surface area contributed by atoms with Crippen LogP contribution in [0.1, 0.15) is 51.7 Å². The second kappa shape index (κ2) is 10.5. The lowest BCUT2D eigenvalue weighted by molar-refractivity contribution is 0.148. The number of aliphatic hydroxyl groups excluding tert-OH is 1. The molecule has 0 fully saturated rings. The van der Waals surface area contributed by atoms with Crippen LogP contribution in [0.25, 0.3) is 0 Å². The second-order valence-corrected chi connectivity index (χ2v) is 5.53. The number of benzene rings is 1. The summed E-state index contributed by atoms with van der Waals surface area (Å²) in [7, 11) is 2.10. The average Bonchev–Trinajstić information content (AvgIpc) is 2.52. The van der Waals surface area contributed by atoms with E-state index >= 15 is 0 Å². The van der Waals surface area contributed by atoms with Crippen LogP contribution in [0.15, 0.2) is 18.2 Å². The Morgan fingerprint density at radius 2 is 1.73 bits per heavy atom. The molecular formula is C18H31NO3. The van der Waals surface area contributed by atoms with Gasteiger partial charge in [-0.25, -0.2) is 0 Å². The summed E-state index contributed by atoms with van der Waals surface area (Å²) in [6.45, 7) is 9.24. The lowest BCUT2D eigenvalue weighted by Crippen LogP contribution is -2.22. The van der Waals surface area contributed by atoms with Gasteiger partial charge in [-0.05, 0) is 58.0 Å². The van der Waals surface area contributed by atoms with Crippen LogP contribution in [0.3, 0.4) is 0 Å². The van der Waals surface area contributed by atoms with Gasteiger partial charge in [0.25, 0.3) is 0 Å². The molecule has 4 heteroatoms. The zero-order chi connectivity index (χ0) is 16.4. The standard InChI is InChI=1S/C18H31NO3/c1-5-8-12-19(4)13-11-16(20)15-9-10-17(21-6-2)18(14-15)22-7-3/h9-10,14,16,20H,5-8,11-13H2,1-4H3. The normalized spacial score (nSPS) is 12.5. The summed E-state index contributed by atoms with van der Waals surface area (Å²) in [5, 5.41) is 10.4. The lowest BCUT2D eigenvalue weighted by Gasteiger charge is -2.19. The highest BCUT2D eigenvalue weighted by molar-refractivity contribution is 5.43. The molecule has 1 aromatic rings. The molecule has 0 aliphatic carbocycles. The van der Waals surface area contributed by atoms with E-state index in [9.17, 15) is 5.11 Å². The molecule has 1 rings (SSSR count). The summed E-state index contributed by atoms with van der Waals surface area (Å²) in [6.07, 6.45) is 2.65. The third-order valence-electron chi connectivity index (χ3n) is 3.63. The number of hydrogen-bond acceptors (Lipinski definition) is 4. The van der Waals surface area contributed by atoms with Gasteiger partial charge in [0.05, 0.1) is 19.3 Å². The summed E-state index contributed by atoms with van der Waals surface area (Å²) in [4.78, 5) is 2.27. The summed E-state index contributed by atoms with van der Waals surface area (Å²) in [5.41, 5.74) is 0.885. The Balaban J connectivity index is 2.64. The van der Waals surface area contributed by atoms with Gasteiger partial charge in [-0.3, -0.25) is 0 Å². The molecular weight excluding hydrogens is 278 g/mol. The number of aliphatic hydroxyl groups is 1. The van der Waals surface area contributed by atoms with Gasteiger partial charge in [0.15, 0.2) is 11.5 Å². The van der Waals surface area contributed by atoms with Gasteiger partial charge in [-0.2, -0.15) is 0 Å². The van der Waals surface area contributed by atoms with E-state index in [4.69, 9.17) is 9.47 Å². The molecule has 0 aromatic heterocycles. The van der Waals surface area contributed by atoms with Crippen molar-refractivity contribution in [2.75, 3.05) is 33.4 Å². The fraction of sp³-hybridized carbons (Fsp3) is 0.667. The van der Waals surface area contributed by atoms with E-state index in [0.717, 1.165) is 30.8 Å². The molecule has 0 saturated carbocycles. The van der Waals surface area contributed by atoms with Gasteiger partial charge in [-0.1, -0.05) is 19.4 Å². The van der Waals surface area contributed by atoms with Crippen molar-refractivity contribution < 1.29 is 14.6 Å². The molecule has 1 aromatic carbocycles. The molecule has 0 bridgehead atoms. The van der Waals surface area contributed by atoms with Crippen LogP contribution in [0.5, 0.6) is 11.5 Å². The van der Waals surface area contributed by atoms with Crippen LogP contribution in [-0.2, 0) is 0 Å². The first kappa shape index (κ1) is 18.8. The van der Waals surface area contributed by atoms with Crippen molar-refractivity contribution in [1.29, 1.82) is 0 Å². The van der Waals surface area contributed by atoms with Gasteiger partial charge in [0.2, 0.25) is 0 Å². The third kappa shape index (κ3) is 6.24. The van der Waals surface area contributed by atoms with Crippen LogP contribution >= 0.6 is 0 Å². The molecule has 0 saturated heterocycles. The summed E-state index contributed by atoms with van der Waals surface area (Å²) in [6, 6.07) is 5.70. The molecule has 1 N–H and O–H groups in total. The van der Waals surface area contributed by atoms with Crippen molar-refractivity contribution in [1.82, 2.24) is 4.90 Å². The van der Waals surface area contributed by atoms with Gasteiger partial charge in [-0.15, -0.1) is 0 Å². The molecule has 0 radical (unpaired) electrons. The number of hydrogen-bond donors (Lipinski definition) is 1. The highest BCUT2D eigenvalue weighted by Gasteiger charge is 2.13. The minimum absolute atomic E-state index is 0.473. The number of unbranched alkanes of at least 4 members (excludes halogenated alkanes) is 1. The first-order chi connectivity index (χ1) is 10.6. The first-order valence-electron chi connectivity index (χ1n) is 8.38. The first-order valence-corrected chi connectivity index (χ1v) is 8.38. The molecule has 126 valence electrons. The van der Waals surface area contributed by atoms with E-state index in [0.29, 0.717) is 19.0 Å². The zero-order valence-electron chi connectivity index (χ0n) is 14.5. The van der Waals surface area contributed by atoms with Crippen LogP contribution < -0.4 is 9.47 Å². The van der Waals surface area contributed by atoms with E-state index in [1.807, 2.05) is 32.0 Å². The second-order valence-electron chi connectivity index (χ2n) is 5.53. The van der Waals surface area contributed by atoms with Crippen LogP contribution in [0.2, 0.25) is 0 Å². The number of nitrogens with zero attached hydrogens (tertiary/aromatic N) is 1. The van der Waals surface area contributed by atoms with E-state index in [-0.39, 0.29) is 0 Å². The largest absolute Gasteiger partial charge is 0.490 e. The Labute approximate surface area is 135 Å². The summed E-state index contributed by atoms with van der Waals surface area (Å²) in [5.74, 6) is 1.45. The maximum atomic E-state index is 10.4. The van der Waals surface area contributed by atoms with Crippen LogP contribution in [0.4, 0.5) is 0 Å². The molecule has 1 unspecified atom stereocenters. The fourth-order valence-corrected chi connectivity index (χ4v) is 2.32. The predicted molar refractivity (Wildman–Crippen MR) is 90.8 cm³/mol. The summed E-state index contributed by atoms with van der Waals surface area (Å²) >= 11 is 0. The molecule has 0 aliphatic heterocycles. The summed E-state index contributed by atoms with van der Waals surface area (Å²) < 4.78 is 11.2. The molecule has 1 atom stereocenters. The molecule has 22 heavy (non-hydrogen) atoms. The molecule has 0 heterocycles. The highest BCUT2D eigenvalue weighted by atomic mass is 16.5. The quantitative estimate of drug-likeness (QED) is 0.677. The average molecular weight is 309 g/mol. The van der Waals surface area contributed by atoms with Gasteiger partial charge < -0.3 is 19.5 Å². The smallest absolute Gasteiger partial charge is 0.161 e. The van der Waals surface area contributed by atoms with Crippen molar-refractivity contribution in [3.8, 4) is 11.5 Å². The van der Waals surface area contributed by atoms with Crippen LogP contribution in [0, 0.1) is 0 Å². The maximum Gasteiger partial charge on any atom is 0.161 e. The Kier molecular flexibility index (Phi) is 8.94. The van der Waals surface area contributed by atoms with Crippen molar-refractivity contribution >= 4 is 0 Å². The predicted octanol–water partition coefficient (Wildman–Crippen LogP) is 3.64. The topological polar surface area (TPSA) is 41.9 Å². The van der Waals surface area contributed by atoms with Crippen molar-refractivity contribution in [2.45, 2.75) is 46.1 Å². The molecule has 4 nitrogen and oxygen atoms in total. The molecule has 0 amide bonds. The minimum atomic E-state index is -0.473. The van der Waals surface area contributed by atoms with E-state index < -0.39 is 6.10 Å². The Bertz CT molecular complexity index is 423. The fourth-order valence-electron chi connectivity index (χ4n) is 2.32. The van der Waals surface area contributed by atoms with Crippen molar-refractivity contribution in [3.63, 3.8) is 0 Å². The highest BCUT2D eigenvalue weighted by Crippen LogP contribution is 2.31. The number of rotatable bonds is 11. The van der Waals surface area contributed by atoms with Crippen LogP contribution in [-0.4, -0.2) is 43.4 Å². The Hall–Kier alpha value is -1.26. The Morgan fingerprint density at radius 1 is 1.05 bits per heavy atom. The number of ether oxygens (including phenoxy) is 2. The SMILES string of the molecule is CCCCN(C)CCC(O)c1ccc(OCC)c(OCC)c1.